The maximum Gasteiger partial charge on any atom is 0.0447 e. The van der Waals surface area contributed by atoms with Gasteiger partial charge in [-0.2, -0.15) is 0 Å². The average molecular weight is 226 g/mol. The van der Waals surface area contributed by atoms with Gasteiger partial charge in [0.05, 0.1) is 0 Å². The number of aliphatic hydroxyl groups is 1. The molecule has 2 nitrogen and oxygen atoms in total. The van der Waals surface area contributed by atoms with Gasteiger partial charge < -0.3 is 10.0 Å². The van der Waals surface area contributed by atoms with E-state index in [2.05, 4.69) is 17.0 Å². The smallest absolute Gasteiger partial charge is 0.0447 e. The Morgan fingerprint density at radius 3 is 3.07 bits per heavy atom. The molecule has 1 aliphatic heterocycles. The number of hydrogen-bond donors (Lipinski definition) is 1. The lowest BCUT2D eigenvalue weighted by Crippen LogP contribution is -2.30. The zero-order chi connectivity index (χ0) is 10.7. The molecule has 3 heteroatoms. The van der Waals surface area contributed by atoms with Crippen LogP contribution in [0.25, 0.3) is 0 Å². The van der Waals surface area contributed by atoms with Crippen LogP contribution in [0.5, 0.6) is 0 Å². The van der Waals surface area contributed by atoms with Gasteiger partial charge in [-0.05, 0) is 43.0 Å². The molecule has 0 bridgehead atoms. The van der Waals surface area contributed by atoms with Crippen molar-refractivity contribution >= 4 is 17.3 Å². The minimum absolute atomic E-state index is 0.263. The van der Waals surface area contributed by atoms with Gasteiger partial charge in [0.15, 0.2) is 0 Å². The molecular weight excluding hydrogens is 210 g/mol. The Morgan fingerprint density at radius 1 is 1.40 bits per heavy atom. The summed E-state index contributed by atoms with van der Waals surface area (Å²) in [5, 5.41) is 9.66. The van der Waals surface area contributed by atoms with Crippen LogP contribution in [0.3, 0.4) is 0 Å². The van der Waals surface area contributed by atoms with Gasteiger partial charge in [-0.3, -0.25) is 0 Å². The number of nitrogens with zero attached hydrogens (tertiary/aromatic N) is 1. The van der Waals surface area contributed by atoms with Gasteiger partial charge in [-0.1, -0.05) is 11.6 Å². The molecule has 15 heavy (non-hydrogen) atoms. The highest BCUT2D eigenvalue weighted by Crippen LogP contribution is 2.29. The molecule has 1 aliphatic rings. The second kappa shape index (κ2) is 4.86. The van der Waals surface area contributed by atoms with Crippen LogP contribution >= 0.6 is 11.6 Å². The summed E-state index contributed by atoms with van der Waals surface area (Å²) in [6.45, 7) is 2.29. The fraction of sp³-hybridized carbons (Fsp3) is 0.500. The summed E-state index contributed by atoms with van der Waals surface area (Å²) in [5.74, 6) is 0. The summed E-state index contributed by atoms with van der Waals surface area (Å²) in [4.78, 5) is 2.34. The van der Waals surface area contributed by atoms with Crippen molar-refractivity contribution in [2.75, 3.05) is 24.6 Å². The quantitative estimate of drug-likeness (QED) is 0.855. The minimum atomic E-state index is 0.263. The Balaban J connectivity index is 2.18. The third-order valence-corrected chi connectivity index (χ3v) is 3.08. The van der Waals surface area contributed by atoms with Crippen LogP contribution in [0.2, 0.25) is 5.02 Å². The second-order valence-corrected chi connectivity index (χ2v) is 4.38. The summed E-state index contributed by atoms with van der Waals surface area (Å²) in [6.07, 6.45) is 3.13. The van der Waals surface area contributed by atoms with E-state index >= 15 is 0 Å². The number of anilines is 1. The summed E-state index contributed by atoms with van der Waals surface area (Å²) < 4.78 is 0. The normalized spacial score (nSPS) is 15.2. The van der Waals surface area contributed by atoms with Crippen molar-refractivity contribution in [3.05, 3.63) is 28.8 Å². The topological polar surface area (TPSA) is 23.5 Å². The first-order chi connectivity index (χ1) is 7.31. The van der Waals surface area contributed by atoms with Crippen LogP contribution in [-0.4, -0.2) is 24.8 Å². The molecule has 1 aromatic rings. The first-order valence-corrected chi connectivity index (χ1v) is 5.83. The van der Waals surface area contributed by atoms with Gasteiger partial charge >= 0.3 is 0 Å². The Bertz CT molecular complexity index is 340. The fourth-order valence-corrected chi connectivity index (χ4v) is 2.33. The number of aliphatic hydroxyl groups excluding tert-OH is 1. The Morgan fingerprint density at radius 2 is 2.27 bits per heavy atom. The molecule has 0 atom stereocenters. The van der Waals surface area contributed by atoms with Gasteiger partial charge in [-0.15, -0.1) is 0 Å². The van der Waals surface area contributed by atoms with E-state index in [0.717, 1.165) is 31.0 Å². The SMILES string of the molecule is OCCCN1CCCc2cc(Cl)ccc21. The molecule has 0 unspecified atom stereocenters. The van der Waals surface area contributed by atoms with E-state index in [4.69, 9.17) is 16.7 Å². The molecule has 0 amide bonds. The third kappa shape index (κ3) is 2.44. The predicted molar refractivity (Wildman–Crippen MR) is 63.7 cm³/mol. The predicted octanol–water partition coefficient (Wildman–Crippen LogP) is 2.48. The van der Waals surface area contributed by atoms with Crippen molar-refractivity contribution in [1.82, 2.24) is 0 Å². The molecule has 1 heterocycles. The Kier molecular flexibility index (Phi) is 3.49. The van der Waals surface area contributed by atoms with E-state index in [0.29, 0.717) is 0 Å². The molecular formula is C12H16ClNO. The molecule has 0 aliphatic carbocycles. The summed E-state index contributed by atoms with van der Waals surface area (Å²) in [7, 11) is 0. The molecule has 0 fully saturated rings. The monoisotopic (exact) mass is 225 g/mol. The summed E-state index contributed by atoms with van der Waals surface area (Å²) in [5.41, 5.74) is 2.63. The summed E-state index contributed by atoms with van der Waals surface area (Å²) >= 11 is 5.97. The van der Waals surface area contributed by atoms with Gasteiger partial charge in [0, 0.05) is 30.4 Å². The van der Waals surface area contributed by atoms with Gasteiger partial charge in [-0.25, -0.2) is 0 Å². The van der Waals surface area contributed by atoms with Gasteiger partial charge in [0.25, 0.3) is 0 Å². The first-order valence-electron chi connectivity index (χ1n) is 5.45. The molecule has 1 N–H and O–H groups in total. The second-order valence-electron chi connectivity index (χ2n) is 3.94. The lowest BCUT2D eigenvalue weighted by atomic mass is 10.0. The van der Waals surface area contributed by atoms with Crippen LogP contribution < -0.4 is 4.90 Å². The molecule has 0 saturated carbocycles. The molecule has 0 radical (unpaired) electrons. The van der Waals surface area contributed by atoms with Crippen molar-refractivity contribution in [2.24, 2.45) is 0 Å². The van der Waals surface area contributed by atoms with Crippen molar-refractivity contribution in [1.29, 1.82) is 0 Å². The van der Waals surface area contributed by atoms with Crippen LogP contribution in [0.1, 0.15) is 18.4 Å². The largest absolute Gasteiger partial charge is 0.396 e. The standard InChI is InChI=1S/C12H16ClNO/c13-11-4-5-12-10(9-11)3-1-6-14(12)7-2-8-15/h4-5,9,15H,1-3,6-8H2. The van der Waals surface area contributed by atoms with Gasteiger partial charge in [0.2, 0.25) is 0 Å². The van der Waals surface area contributed by atoms with Crippen molar-refractivity contribution in [3.63, 3.8) is 0 Å². The van der Waals surface area contributed by atoms with E-state index < -0.39 is 0 Å². The minimum Gasteiger partial charge on any atom is -0.396 e. The van der Waals surface area contributed by atoms with Gasteiger partial charge in [0.1, 0.15) is 0 Å². The van der Waals surface area contributed by atoms with E-state index in [-0.39, 0.29) is 6.61 Å². The average Bonchev–Trinajstić information content (AvgIpc) is 2.25. The van der Waals surface area contributed by atoms with Crippen LogP contribution in [0.15, 0.2) is 18.2 Å². The number of rotatable bonds is 3. The highest BCUT2D eigenvalue weighted by Gasteiger charge is 2.16. The van der Waals surface area contributed by atoms with Crippen molar-refractivity contribution < 1.29 is 5.11 Å². The third-order valence-electron chi connectivity index (χ3n) is 2.84. The molecule has 82 valence electrons. The first kappa shape index (κ1) is 10.8. The molecule has 0 aromatic heterocycles. The van der Waals surface area contributed by atoms with E-state index in [1.54, 1.807) is 0 Å². The maximum atomic E-state index is 8.84. The lowest BCUT2D eigenvalue weighted by Gasteiger charge is -2.31. The number of halogens is 1. The van der Waals surface area contributed by atoms with E-state index in [1.165, 1.54) is 17.7 Å². The number of fused-ring (bicyclic) bond motifs is 1. The maximum absolute atomic E-state index is 8.84. The van der Waals surface area contributed by atoms with E-state index in [1.807, 2.05) is 6.07 Å². The van der Waals surface area contributed by atoms with Crippen LogP contribution in [-0.2, 0) is 6.42 Å². The molecule has 0 spiro atoms. The lowest BCUT2D eigenvalue weighted by molar-refractivity contribution is 0.289. The summed E-state index contributed by atoms with van der Waals surface area (Å²) in [6, 6.07) is 6.09. The van der Waals surface area contributed by atoms with Crippen molar-refractivity contribution in [3.8, 4) is 0 Å². The van der Waals surface area contributed by atoms with E-state index in [9.17, 15) is 0 Å². The fourth-order valence-electron chi connectivity index (χ4n) is 2.14. The van der Waals surface area contributed by atoms with Crippen LogP contribution in [0, 0.1) is 0 Å². The molecule has 1 aromatic carbocycles. The molecule has 0 saturated heterocycles. The number of hydrogen-bond acceptors (Lipinski definition) is 2. The number of aryl methyl sites for hydroxylation is 1. The highest BCUT2D eigenvalue weighted by molar-refractivity contribution is 6.30. The highest BCUT2D eigenvalue weighted by atomic mass is 35.5. The Labute approximate surface area is 95.5 Å². The van der Waals surface area contributed by atoms with Crippen molar-refractivity contribution in [2.45, 2.75) is 19.3 Å². The molecule has 2 rings (SSSR count). The zero-order valence-corrected chi connectivity index (χ0v) is 9.50. The zero-order valence-electron chi connectivity index (χ0n) is 8.75. The number of benzene rings is 1. The van der Waals surface area contributed by atoms with Crippen LogP contribution in [0.4, 0.5) is 5.69 Å². The Hall–Kier alpha value is -0.730.